The lowest BCUT2D eigenvalue weighted by atomic mass is 10.4. The van der Waals surface area contributed by atoms with Gasteiger partial charge in [0, 0.05) is 13.1 Å². The van der Waals surface area contributed by atoms with Crippen LogP contribution in [0.5, 0.6) is 0 Å². The van der Waals surface area contributed by atoms with Gasteiger partial charge < -0.3 is 20.5 Å². The van der Waals surface area contributed by atoms with E-state index in [1.807, 2.05) is 14.0 Å². The van der Waals surface area contributed by atoms with E-state index in [4.69, 9.17) is 15.2 Å². The molecule has 1 atom stereocenters. The van der Waals surface area contributed by atoms with Crippen LogP contribution in [0.15, 0.2) is 0 Å². The number of ether oxygens (including phenoxy) is 2. The summed E-state index contributed by atoms with van der Waals surface area (Å²) in [5.41, 5.74) is 5.36. The van der Waals surface area contributed by atoms with Crippen LogP contribution in [-0.2, 0) is 9.47 Å². The van der Waals surface area contributed by atoms with Gasteiger partial charge in [0.15, 0.2) is 0 Å². The van der Waals surface area contributed by atoms with Crippen LogP contribution in [0.1, 0.15) is 6.92 Å². The molecule has 0 fully saturated rings. The maximum absolute atomic E-state index is 5.36. The van der Waals surface area contributed by atoms with Crippen molar-refractivity contribution in [2.75, 3.05) is 40.0 Å². The Hall–Kier alpha value is -0.160. The maximum Gasteiger partial charge on any atom is 0.0704 e. The van der Waals surface area contributed by atoms with Gasteiger partial charge in [-0.2, -0.15) is 0 Å². The van der Waals surface area contributed by atoms with Crippen LogP contribution in [0.4, 0.5) is 0 Å². The summed E-state index contributed by atoms with van der Waals surface area (Å²) < 4.78 is 10.5. The zero-order chi connectivity index (χ0) is 9.23. The third-order valence-electron chi connectivity index (χ3n) is 1.46. The van der Waals surface area contributed by atoms with Crippen molar-refractivity contribution in [3.63, 3.8) is 0 Å². The first-order valence-electron chi connectivity index (χ1n) is 4.35. The van der Waals surface area contributed by atoms with Gasteiger partial charge in [0.2, 0.25) is 0 Å². The number of hydrogen-bond acceptors (Lipinski definition) is 4. The van der Waals surface area contributed by atoms with E-state index in [-0.39, 0.29) is 6.10 Å². The zero-order valence-electron chi connectivity index (χ0n) is 8.01. The lowest BCUT2D eigenvalue weighted by Gasteiger charge is -2.10. The normalized spacial score (nSPS) is 13.2. The SMILES string of the molecule is CNCCOCCOC(C)CN. The van der Waals surface area contributed by atoms with E-state index < -0.39 is 0 Å². The van der Waals surface area contributed by atoms with E-state index in [1.165, 1.54) is 0 Å². The lowest BCUT2D eigenvalue weighted by Crippen LogP contribution is -2.22. The second kappa shape index (κ2) is 8.93. The summed E-state index contributed by atoms with van der Waals surface area (Å²) in [6, 6.07) is 0. The summed E-state index contributed by atoms with van der Waals surface area (Å²) in [6.07, 6.45) is 0.137. The average molecular weight is 176 g/mol. The highest BCUT2D eigenvalue weighted by molar-refractivity contribution is 4.47. The molecule has 1 unspecified atom stereocenters. The molecule has 0 bridgehead atoms. The van der Waals surface area contributed by atoms with Gasteiger partial charge in [-0.1, -0.05) is 0 Å². The highest BCUT2D eigenvalue weighted by Crippen LogP contribution is 1.86. The molecule has 3 N–H and O–H groups in total. The van der Waals surface area contributed by atoms with Crippen LogP contribution in [0.3, 0.4) is 0 Å². The van der Waals surface area contributed by atoms with Gasteiger partial charge in [-0.25, -0.2) is 0 Å². The fraction of sp³-hybridized carbons (Fsp3) is 1.00. The first kappa shape index (κ1) is 11.8. The summed E-state index contributed by atoms with van der Waals surface area (Å²) >= 11 is 0. The Labute approximate surface area is 74.4 Å². The Bertz CT molecular complexity index is 91.1. The summed E-state index contributed by atoms with van der Waals surface area (Å²) in [6.45, 7) is 5.40. The average Bonchev–Trinajstić information content (AvgIpc) is 2.10. The second-order valence-electron chi connectivity index (χ2n) is 2.63. The van der Waals surface area contributed by atoms with Crippen LogP contribution in [0, 0.1) is 0 Å². The highest BCUT2D eigenvalue weighted by Gasteiger charge is 1.96. The number of likely N-dealkylation sites (N-methyl/N-ethyl adjacent to an activating group) is 1. The number of nitrogens with two attached hydrogens (primary N) is 1. The molecule has 0 radical (unpaired) electrons. The van der Waals surface area contributed by atoms with Gasteiger partial charge in [0.1, 0.15) is 0 Å². The van der Waals surface area contributed by atoms with Crippen molar-refractivity contribution in [3.8, 4) is 0 Å². The third kappa shape index (κ3) is 7.94. The molecule has 0 rings (SSSR count). The number of rotatable bonds is 8. The Morgan fingerprint density at radius 2 is 2.08 bits per heavy atom. The molecule has 0 heterocycles. The predicted octanol–water partition coefficient (Wildman–Crippen LogP) is -0.414. The molecule has 4 heteroatoms. The maximum atomic E-state index is 5.36. The van der Waals surface area contributed by atoms with Crippen LogP contribution in [0.2, 0.25) is 0 Å². The summed E-state index contributed by atoms with van der Waals surface area (Å²) in [5, 5.41) is 2.99. The fourth-order valence-corrected chi connectivity index (χ4v) is 0.653. The van der Waals surface area contributed by atoms with Crippen molar-refractivity contribution < 1.29 is 9.47 Å². The first-order valence-corrected chi connectivity index (χ1v) is 4.35. The number of nitrogens with one attached hydrogen (secondary N) is 1. The fourth-order valence-electron chi connectivity index (χ4n) is 0.653. The standard InChI is InChI=1S/C8H20N2O2/c1-8(7-9)12-6-5-11-4-3-10-2/h8,10H,3-7,9H2,1-2H3. The van der Waals surface area contributed by atoms with E-state index in [1.54, 1.807) is 0 Å². The van der Waals surface area contributed by atoms with Crippen LogP contribution in [0.25, 0.3) is 0 Å². The van der Waals surface area contributed by atoms with E-state index in [0.717, 1.165) is 13.2 Å². The molecule has 0 aliphatic rings. The minimum absolute atomic E-state index is 0.137. The minimum atomic E-state index is 0.137. The molecule has 0 aromatic heterocycles. The van der Waals surface area contributed by atoms with E-state index in [9.17, 15) is 0 Å². The Balaban J connectivity index is 2.90. The molecule has 12 heavy (non-hydrogen) atoms. The predicted molar refractivity (Wildman–Crippen MR) is 49.2 cm³/mol. The quantitative estimate of drug-likeness (QED) is 0.493. The minimum Gasteiger partial charge on any atom is -0.378 e. The molecule has 0 aliphatic carbocycles. The van der Waals surface area contributed by atoms with Crippen molar-refractivity contribution in [1.29, 1.82) is 0 Å². The van der Waals surface area contributed by atoms with Gasteiger partial charge in [-0.05, 0) is 14.0 Å². The molecule has 0 saturated heterocycles. The highest BCUT2D eigenvalue weighted by atomic mass is 16.5. The topological polar surface area (TPSA) is 56.5 Å². The van der Waals surface area contributed by atoms with Crippen molar-refractivity contribution in [2.24, 2.45) is 5.73 Å². The largest absolute Gasteiger partial charge is 0.378 e. The monoisotopic (exact) mass is 176 g/mol. The molecule has 0 saturated carbocycles. The van der Waals surface area contributed by atoms with Crippen molar-refractivity contribution >= 4 is 0 Å². The molecule has 0 amide bonds. The first-order chi connectivity index (χ1) is 5.81. The van der Waals surface area contributed by atoms with E-state index in [2.05, 4.69) is 5.32 Å². The van der Waals surface area contributed by atoms with Crippen molar-refractivity contribution in [1.82, 2.24) is 5.32 Å². The Morgan fingerprint density at radius 3 is 2.67 bits per heavy atom. The molecule has 0 spiro atoms. The third-order valence-corrected chi connectivity index (χ3v) is 1.46. The van der Waals surface area contributed by atoms with Gasteiger partial charge in [0.05, 0.1) is 25.9 Å². The van der Waals surface area contributed by atoms with Gasteiger partial charge >= 0.3 is 0 Å². The molecule has 74 valence electrons. The van der Waals surface area contributed by atoms with E-state index >= 15 is 0 Å². The van der Waals surface area contributed by atoms with Crippen molar-refractivity contribution in [2.45, 2.75) is 13.0 Å². The van der Waals surface area contributed by atoms with Gasteiger partial charge in [0.25, 0.3) is 0 Å². The summed E-state index contributed by atoms with van der Waals surface area (Å²) in [5.74, 6) is 0. The van der Waals surface area contributed by atoms with Gasteiger partial charge in [-0.15, -0.1) is 0 Å². The molecule has 0 aliphatic heterocycles. The molecular weight excluding hydrogens is 156 g/mol. The van der Waals surface area contributed by atoms with Crippen molar-refractivity contribution in [3.05, 3.63) is 0 Å². The summed E-state index contributed by atoms with van der Waals surface area (Å²) in [4.78, 5) is 0. The molecule has 0 aromatic carbocycles. The summed E-state index contributed by atoms with van der Waals surface area (Å²) in [7, 11) is 1.90. The molecule has 4 nitrogen and oxygen atoms in total. The van der Waals surface area contributed by atoms with Crippen LogP contribution < -0.4 is 11.1 Å². The Kier molecular flexibility index (Phi) is 8.81. The number of hydrogen-bond donors (Lipinski definition) is 2. The van der Waals surface area contributed by atoms with Crippen LogP contribution >= 0.6 is 0 Å². The zero-order valence-corrected chi connectivity index (χ0v) is 8.01. The lowest BCUT2D eigenvalue weighted by molar-refractivity contribution is 0.0170. The van der Waals surface area contributed by atoms with E-state index in [0.29, 0.717) is 19.8 Å². The Morgan fingerprint density at radius 1 is 1.33 bits per heavy atom. The van der Waals surface area contributed by atoms with Gasteiger partial charge in [-0.3, -0.25) is 0 Å². The molecular formula is C8H20N2O2. The van der Waals surface area contributed by atoms with Crippen LogP contribution in [-0.4, -0.2) is 46.1 Å². The smallest absolute Gasteiger partial charge is 0.0704 e. The molecule has 0 aromatic rings. The second-order valence-corrected chi connectivity index (χ2v) is 2.63.